The largest absolute Gasteiger partial charge is 0.493 e. The van der Waals surface area contributed by atoms with Crippen LogP contribution in [0.25, 0.3) is 0 Å². The van der Waals surface area contributed by atoms with E-state index in [0.29, 0.717) is 0 Å². The van der Waals surface area contributed by atoms with E-state index in [-0.39, 0.29) is 12.1 Å². The Kier molecular flexibility index (Phi) is 5.26. The van der Waals surface area contributed by atoms with Crippen molar-refractivity contribution in [2.45, 2.75) is 32.9 Å². The molecule has 1 heterocycles. The second-order valence-electron chi connectivity index (χ2n) is 5.18. The van der Waals surface area contributed by atoms with E-state index in [2.05, 4.69) is 37.3 Å². The van der Waals surface area contributed by atoms with E-state index in [1.807, 2.05) is 22.9 Å². The molecule has 0 fully saturated rings. The maximum Gasteiger partial charge on any atom is 0.161 e. The molecule has 0 saturated carbocycles. The molecule has 21 heavy (non-hydrogen) atoms. The van der Waals surface area contributed by atoms with Crippen molar-refractivity contribution in [1.29, 1.82) is 0 Å². The lowest BCUT2D eigenvalue weighted by Crippen LogP contribution is -2.26. The average molecular weight is 308 g/mol. The molecule has 0 aliphatic carbocycles. The van der Waals surface area contributed by atoms with Crippen molar-refractivity contribution in [2.75, 3.05) is 13.7 Å². The van der Waals surface area contributed by atoms with Gasteiger partial charge >= 0.3 is 0 Å². The number of nitrogens with zero attached hydrogens (tertiary/aromatic N) is 2. The normalized spacial score (nSPS) is 12.7. The van der Waals surface area contributed by atoms with Crippen LogP contribution in [0.5, 0.6) is 5.75 Å². The van der Waals surface area contributed by atoms with Crippen molar-refractivity contribution in [3.8, 4) is 5.75 Å². The van der Waals surface area contributed by atoms with Gasteiger partial charge in [0.2, 0.25) is 0 Å². The van der Waals surface area contributed by atoms with Gasteiger partial charge in [0.15, 0.2) is 5.75 Å². The van der Waals surface area contributed by atoms with Gasteiger partial charge in [0.25, 0.3) is 0 Å². The number of nitrogens with one attached hydrogen (secondary N) is 1. The number of benzene rings is 1. The standard InChI is InChI=1S/C16H22ClN3O/c1-5-18-15(12-7-6-8-13(17)9-12)16-14(21-4)10-19-20(16)11(2)3/h6-11,15,18H,5H2,1-4H3. The molecule has 2 aromatic rings. The van der Waals surface area contributed by atoms with E-state index >= 15 is 0 Å². The minimum atomic E-state index is -0.00597. The van der Waals surface area contributed by atoms with E-state index in [0.717, 1.165) is 28.6 Å². The van der Waals surface area contributed by atoms with Crippen molar-refractivity contribution >= 4 is 11.6 Å². The first-order valence-corrected chi connectivity index (χ1v) is 7.56. The third kappa shape index (κ3) is 3.39. The summed E-state index contributed by atoms with van der Waals surface area (Å²) in [5, 5.41) is 8.68. The van der Waals surface area contributed by atoms with Gasteiger partial charge in [-0.1, -0.05) is 30.7 Å². The molecule has 0 saturated heterocycles. The fourth-order valence-electron chi connectivity index (χ4n) is 2.46. The van der Waals surface area contributed by atoms with Crippen molar-refractivity contribution in [2.24, 2.45) is 0 Å². The zero-order valence-corrected chi connectivity index (χ0v) is 13.7. The van der Waals surface area contributed by atoms with Gasteiger partial charge in [-0.05, 0) is 38.1 Å². The molecule has 0 spiro atoms. The second kappa shape index (κ2) is 6.96. The summed E-state index contributed by atoms with van der Waals surface area (Å²) in [6.07, 6.45) is 1.77. The molecule has 1 unspecified atom stereocenters. The molecule has 0 radical (unpaired) electrons. The number of ether oxygens (including phenoxy) is 1. The molecule has 2 rings (SSSR count). The molecule has 1 atom stereocenters. The molecule has 0 aliphatic rings. The van der Waals surface area contributed by atoms with Gasteiger partial charge in [-0.2, -0.15) is 5.10 Å². The van der Waals surface area contributed by atoms with E-state index < -0.39 is 0 Å². The third-order valence-corrected chi connectivity index (χ3v) is 3.61. The Bertz CT molecular complexity index is 595. The summed E-state index contributed by atoms with van der Waals surface area (Å²) in [6.45, 7) is 7.14. The maximum atomic E-state index is 6.15. The van der Waals surface area contributed by atoms with Gasteiger partial charge in [-0.3, -0.25) is 4.68 Å². The minimum absolute atomic E-state index is 0.00597. The van der Waals surface area contributed by atoms with Crippen LogP contribution in [0.1, 0.15) is 44.1 Å². The lowest BCUT2D eigenvalue weighted by atomic mass is 10.0. The van der Waals surface area contributed by atoms with E-state index in [1.165, 1.54) is 0 Å². The van der Waals surface area contributed by atoms with Crippen LogP contribution in [-0.2, 0) is 0 Å². The predicted octanol–water partition coefficient (Wildman–Crippen LogP) is 3.82. The Balaban J connectivity index is 2.54. The van der Waals surface area contributed by atoms with Crippen LogP contribution >= 0.6 is 11.6 Å². The van der Waals surface area contributed by atoms with Crippen LogP contribution in [0.15, 0.2) is 30.5 Å². The summed E-state index contributed by atoms with van der Waals surface area (Å²) in [5.41, 5.74) is 2.13. The van der Waals surface area contributed by atoms with Gasteiger partial charge in [-0.15, -0.1) is 0 Å². The van der Waals surface area contributed by atoms with Gasteiger partial charge < -0.3 is 10.1 Å². The van der Waals surface area contributed by atoms with Gasteiger partial charge in [0, 0.05) is 11.1 Å². The number of rotatable bonds is 6. The molecule has 1 N–H and O–H groups in total. The molecule has 0 bridgehead atoms. The van der Waals surface area contributed by atoms with Crippen molar-refractivity contribution < 1.29 is 4.74 Å². The van der Waals surface area contributed by atoms with E-state index in [9.17, 15) is 0 Å². The fraction of sp³-hybridized carbons (Fsp3) is 0.438. The summed E-state index contributed by atoms with van der Waals surface area (Å²) >= 11 is 6.15. The van der Waals surface area contributed by atoms with Gasteiger partial charge in [0.1, 0.15) is 5.69 Å². The van der Waals surface area contributed by atoms with Crippen molar-refractivity contribution in [1.82, 2.24) is 15.1 Å². The van der Waals surface area contributed by atoms with Crippen LogP contribution in [0.4, 0.5) is 0 Å². The number of aromatic nitrogens is 2. The first kappa shape index (κ1) is 15.9. The molecule has 0 amide bonds. The van der Waals surface area contributed by atoms with Crippen LogP contribution < -0.4 is 10.1 Å². The monoisotopic (exact) mass is 307 g/mol. The van der Waals surface area contributed by atoms with Gasteiger partial charge in [-0.25, -0.2) is 0 Å². The highest BCUT2D eigenvalue weighted by Gasteiger charge is 2.24. The summed E-state index contributed by atoms with van der Waals surface area (Å²) in [4.78, 5) is 0. The number of hydrogen-bond donors (Lipinski definition) is 1. The summed E-state index contributed by atoms with van der Waals surface area (Å²) < 4.78 is 7.49. The summed E-state index contributed by atoms with van der Waals surface area (Å²) in [5.74, 6) is 0.787. The van der Waals surface area contributed by atoms with Crippen LogP contribution in [0, 0.1) is 0 Å². The highest BCUT2D eigenvalue weighted by molar-refractivity contribution is 6.30. The van der Waals surface area contributed by atoms with Crippen LogP contribution in [0.2, 0.25) is 5.02 Å². The van der Waals surface area contributed by atoms with Crippen LogP contribution in [-0.4, -0.2) is 23.4 Å². The molecular weight excluding hydrogens is 286 g/mol. The van der Waals surface area contributed by atoms with Gasteiger partial charge in [0.05, 0.1) is 19.3 Å². The number of methoxy groups -OCH3 is 1. The summed E-state index contributed by atoms with van der Waals surface area (Å²) in [7, 11) is 1.67. The minimum Gasteiger partial charge on any atom is -0.493 e. The quantitative estimate of drug-likeness (QED) is 0.881. The number of halogens is 1. The third-order valence-electron chi connectivity index (χ3n) is 3.37. The lowest BCUT2D eigenvalue weighted by Gasteiger charge is -2.22. The van der Waals surface area contributed by atoms with Crippen LogP contribution in [0.3, 0.4) is 0 Å². The highest BCUT2D eigenvalue weighted by Crippen LogP contribution is 2.32. The number of hydrogen-bond acceptors (Lipinski definition) is 3. The zero-order chi connectivity index (χ0) is 15.4. The van der Waals surface area contributed by atoms with E-state index in [1.54, 1.807) is 13.3 Å². The molecule has 1 aromatic carbocycles. The molecule has 114 valence electrons. The Morgan fingerprint density at radius 2 is 2.14 bits per heavy atom. The Morgan fingerprint density at radius 3 is 2.71 bits per heavy atom. The lowest BCUT2D eigenvalue weighted by molar-refractivity contribution is 0.394. The van der Waals surface area contributed by atoms with Crippen molar-refractivity contribution in [3.63, 3.8) is 0 Å². The van der Waals surface area contributed by atoms with Crippen molar-refractivity contribution in [3.05, 3.63) is 46.7 Å². The molecule has 5 heteroatoms. The average Bonchev–Trinajstić information content (AvgIpc) is 2.88. The SMILES string of the molecule is CCNC(c1cccc(Cl)c1)c1c(OC)cnn1C(C)C. The first-order valence-electron chi connectivity index (χ1n) is 7.18. The highest BCUT2D eigenvalue weighted by atomic mass is 35.5. The Morgan fingerprint density at radius 1 is 1.38 bits per heavy atom. The second-order valence-corrected chi connectivity index (χ2v) is 5.62. The smallest absolute Gasteiger partial charge is 0.161 e. The molecule has 0 aliphatic heterocycles. The Labute approximate surface area is 131 Å². The summed E-state index contributed by atoms with van der Waals surface area (Å²) in [6, 6.07) is 8.13. The molecular formula is C16H22ClN3O. The zero-order valence-electron chi connectivity index (χ0n) is 12.9. The molecule has 1 aromatic heterocycles. The first-order chi connectivity index (χ1) is 10.1. The Hall–Kier alpha value is -1.52. The fourth-order valence-corrected chi connectivity index (χ4v) is 2.66. The molecule has 4 nitrogen and oxygen atoms in total. The van der Waals surface area contributed by atoms with E-state index in [4.69, 9.17) is 16.3 Å². The topological polar surface area (TPSA) is 39.1 Å². The maximum absolute atomic E-state index is 6.15. The predicted molar refractivity (Wildman–Crippen MR) is 86.1 cm³/mol.